The van der Waals surface area contributed by atoms with Crippen LogP contribution < -0.4 is 9.47 Å². The van der Waals surface area contributed by atoms with Gasteiger partial charge in [0.15, 0.2) is 6.29 Å². The SMILES string of the molecule is COc1ccc(C(=O)OCC(C)(COC(=O)c2ccc(OC)cc2)COC(O)C2=CCC(C)(OC)C=C2)cc1. The maximum absolute atomic E-state index is 12.7. The minimum absolute atomic E-state index is 0.0628. The monoisotopic (exact) mass is 540 g/mol. The first-order valence-electron chi connectivity index (χ1n) is 12.5. The molecule has 0 fully saturated rings. The van der Waals surface area contributed by atoms with Crippen LogP contribution in [0.25, 0.3) is 0 Å². The van der Waals surface area contributed by atoms with Crippen molar-refractivity contribution in [2.24, 2.45) is 5.41 Å². The molecule has 0 bridgehead atoms. The Labute approximate surface area is 228 Å². The zero-order valence-corrected chi connectivity index (χ0v) is 23.0. The molecule has 0 aromatic heterocycles. The van der Waals surface area contributed by atoms with Crippen molar-refractivity contribution in [3.63, 3.8) is 0 Å². The van der Waals surface area contributed by atoms with E-state index in [0.717, 1.165) is 0 Å². The van der Waals surface area contributed by atoms with Crippen LogP contribution in [0.5, 0.6) is 11.5 Å². The third kappa shape index (κ3) is 8.41. The van der Waals surface area contributed by atoms with Crippen LogP contribution >= 0.6 is 0 Å². The van der Waals surface area contributed by atoms with Gasteiger partial charge in [0.2, 0.25) is 0 Å². The highest BCUT2D eigenvalue weighted by Gasteiger charge is 2.32. The number of benzene rings is 2. The van der Waals surface area contributed by atoms with Crippen LogP contribution in [0.4, 0.5) is 0 Å². The standard InChI is InChI=1S/C30H36O9/c1-29(18-37-26(31)21-6-10-24(34-3)11-7-21,19-38-27(32)22-8-12-25(35-4)13-9-22)20-39-28(33)23-14-16-30(2,36-5)17-15-23/h6-16,28,33H,17-20H2,1-5H3. The molecule has 0 radical (unpaired) electrons. The summed E-state index contributed by atoms with van der Waals surface area (Å²) in [5.74, 6) is 0.118. The van der Waals surface area contributed by atoms with E-state index < -0.39 is 29.2 Å². The molecule has 2 aromatic rings. The smallest absolute Gasteiger partial charge is 0.338 e. The van der Waals surface area contributed by atoms with Crippen LogP contribution in [0, 0.1) is 5.41 Å². The summed E-state index contributed by atoms with van der Waals surface area (Å²) in [6.07, 6.45) is 4.81. The molecule has 0 spiro atoms. The summed E-state index contributed by atoms with van der Waals surface area (Å²) in [6, 6.07) is 13.0. The van der Waals surface area contributed by atoms with Gasteiger partial charge < -0.3 is 33.5 Å². The average molecular weight is 541 g/mol. The second-order valence-electron chi connectivity index (χ2n) is 9.84. The predicted molar refractivity (Wildman–Crippen MR) is 144 cm³/mol. The van der Waals surface area contributed by atoms with Crippen LogP contribution in [0.15, 0.2) is 72.3 Å². The first-order valence-corrected chi connectivity index (χ1v) is 12.5. The van der Waals surface area contributed by atoms with Crippen LogP contribution in [-0.2, 0) is 18.9 Å². The van der Waals surface area contributed by atoms with E-state index in [9.17, 15) is 14.7 Å². The summed E-state index contributed by atoms with van der Waals surface area (Å²) in [6.45, 7) is 3.37. The van der Waals surface area contributed by atoms with Gasteiger partial charge in [-0.1, -0.05) is 25.2 Å². The molecule has 39 heavy (non-hydrogen) atoms. The fourth-order valence-corrected chi connectivity index (χ4v) is 3.67. The van der Waals surface area contributed by atoms with E-state index in [4.69, 9.17) is 28.4 Å². The second-order valence-corrected chi connectivity index (χ2v) is 9.84. The van der Waals surface area contributed by atoms with Gasteiger partial charge in [0.05, 0.1) is 43.0 Å². The lowest BCUT2D eigenvalue weighted by Gasteiger charge is -2.31. The van der Waals surface area contributed by atoms with Crippen molar-refractivity contribution in [3.05, 3.63) is 83.5 Å². The zero-order chi connectivity index (χ0) is 28.5. The average Bonchev–Trinajstić information content (AvgIpc) is 2.98. The van der Waals surface area contributed by atoms with Gasteiger partial charge in [0.1, 0.15) is 24.7 Å². The highest BCUT2D eigenvalue weighted by atomic mass is 16.6. The lowest BCUT2D eigenvalue weighted by Crippen LogP contribution is -2.38. The maximum atomic E-state index is 12.7. The van der Waals surface area contributed by atoms with Crippen molar-refractivity contribution in [2.75, 3.05) is 41.2 Å². The van der Waals surface area contributed by atoms with Crippen LogP contribution in [-0.4, -0.2) is 70.1 Å². The van der Waals surface area contributed by atoms with Crippen molar-refractivity contribution < 1.29 is 43.1 Å². The Kier molecular flexibility index (Phi) is 10.3. The normalized spacial score (nSPS) is 17.6. The quantitative estimate of drug-likeness (QED) is 0.293. The Bertz CT molecular complexity index is 1100. The highest BCUT2D eigenvalue weighted by Crippen LogP contribution is 2.27. The van der Waals surface area contributed by atoms with Gasteiger partial charge in [-0.05, 0) is 61.9 Å². The van der Waals surface area contributed by atoms with E-state index >= 15 is 0 Å². The Hall–Kier alpha value is -3.66. The highest BCUT2D eigenvalue weighted by molar-refractivity contribution is 5.90. The third-order valence-corrected chi connectivity index (χ3v) is 6.47. The largest absolute Gasteiger partial charge is 0.497 e. The Morgan fingerprint density at radius 3 is 1.74 bits per heavy atom. The van der Waals surface area contributed by atoms with Gasteiger partial charge in [0, 0.05) is 12.7 Å². The summed E-state index contributed by atoms with van der Waals surface area (Å²) in [4.78, 5) is 25.4. The Balaban J connectivity index is 1.67. The number of aliphatic hydroxyl groups is 1. The molecule has 0 saturated heterocycles. The minimum Gasteiger partial charge on any atom is -0.497 e. The molecule has 0 amide bonds. The molecular formula is C30H36O9. The van der Waals surface area contributed by atoms with E-state index in [-0.39, 0.29) is 19.8 Å². The molecule has 2 unspecified atom stereocenters. The van der Waals surface area contributed by atoms with Gasteiger partial charge >= 0.3 is 11.9 Å². The van der Waals surface area contributed by atoms with Crippen LogP contribution in [0.2, 0.25) is 0 Å². The van der Waals surface area contributed by atoms with Crippen LogP contribution in [0.3, 0.4) is 0 Å². The number of ether oxygens (including phenoxy) is 6. The van der Waals surface area contributed by atoms with Crippen molar-refractivity contribution in [3.8, 4) is 11.5 Å². The molecule has 9 heteroatoms. The van der Waals surface area contributed by atoms with E-state index in [0.29, 0.717) is 34.6 Å². The number of esters is 2. The van der Waals surface area contributed by atoms with E-state index in [2.05, 4.69) is 0 Å². The molecule has 2 atom stereocenters. The molecule has 1 aliphatic rings. The van der Waals surface area contributed by atoms with E-state index in [1.807, 2.05) is 19.1 Å². The van der Waals surface area contributed by atoms with Crippen molar-refractivity contribution in [2.45, 2.75) is 32.2 Å². The van der Waals surface area contributed by atoms with Gasteiger partial charge in [-0.3, -0.25) is 0 Å². The number of aliphatic hydroxyl groups excluding tert-OH is 1. The van der Waals surface area contributed by atoms with E-state index in [1.165, 1.54) is 14.2 Å². The minimum atomic E-state index is -1.23. The molecule has 9 nitrogen and oxygen atoms in total. The number of hydrogen-bond donors (Lipinski definition) is 1. The first kappa shape index (κ1) is 29.9. The fourth-order valence-electron chi connectivity index (χ4n) is 3.67. The molecular weight excluding hydrogens is 504 g/mol. The van der Waals surface area contributed by atoms with Gasteiger partial charge in [-0.2, -0.15) is 0 Å². The summed E-state index contributed by atoms with van der Waals surface area (Å²) < 4.78 is 32.6. The lowest BCUT2D eigenvalue weighted by atomic mass is 9.92. The summed E-state index contributed by atoms with van der Waals surface area (Å²) in [5, 5.41) is 10.7. The predicted octanol–water partition coefficient (Wildman–Crippen LogP) is 4.35. The van der Waals surface area contributed by atoms with Crippen molar-refractivity contribution in [1.82, 2.24) is 0 Å². The molecule has 0 saturated carbocycles. The molecule has 210 valence electrons. The second kappa shape index (κ2) is 13.4. The van der Waals surface area contributed by atoms with Crippen molar-refractivity contribution >= 4 is 11.9 Å². The number of carbonyl (C=O) groups excluding carboxylic acids is 2. The lowest BCUT2D eigenvalue weighted by molar-refractivity contribution is -0.117. The number of carbonyl (C=O) groups is 2. The molecule has 3 rings (SSSR count). The van der Waals surface area contributed by atoms with Gasteiger partial charge in [-0.15, -0.1) is 0 Å². The maximum Gasteiger partial charge on any atom is 0.338 e. The molecule has 1 N–H and O–H groups in total. The first-order chi connectivity index (χ1) is 18.6. The third-order valence-electron chi connectivity index (χ3n) is 6.47. The molecule has 0 aliphatic heterocycles. The summed E-state index contributed by atoms with van der Waals surface area (Å²) in [5.41, 5.74) is -0.146. The molecule has 2 aromatic carbocycles. The molecule has 0 heterocycles. The topological polar surface area (TPSA) is 110 Å². The Morgan fingerprint density at radius 1 is 0.872 bits per heavy atom. The summed E-state index contributed by atoms with van der Waals surface area (Å²) in [7, 11) is 4.70. The number of rotatable bonds is 13. The zero-order valence-electron chi connectivity index (χ0n) is 23.0. The van der Waals surface area contributed by atoms with Gasteiger partial charge in [-0.25, -0.2) is 9.59 Å². The number of methoxy groups -OCH3 is 3. The van der Waals surface area contributed by atoms with E-state index in [1.54, 1.807) is 68.6 Å². The Morgan fingerprint density at radius 2 is 1.36 bits per heavy atom. The summed E-state index contributed by atoms with van der Waals surface area (Å²) >= 11 is 0. The van der Waals surface area contributed by atoms with Gasteiger partial charge in [0.25, 0.3) is 0 Å². The number of hydrogen-bond acceptors (Lipinski definition) is 9. The van der Waals surface area contributed by atoms with Crippen molar-refractivity contribution in [1.29, 1.82) is 0 Å². The fraction of sp³-hybridized carbons (Fsp3) is 0.400. The van der Waals surface area contributed by atoms with Crippen LogP contribution in [0.1, 0.15) is 41.0 Å². The molecule has 1 aliphatic carbocycles.